The molecule has 1 nitrogen and oxygen atoms in total. The van der Waals surface area contributed by atoms with E-state index in [9.17, 15) is 4.79 Å². The fraction of sp³-hybridized carbons (Fsp3) is 0.154. The zero-order valence-electron chi connectivity index (χ0n) is 8.37. The first-order valence-electron chi connectivity index (χ1n) is 4.67. The summed E-state index contributed by atoms with van der Waals surface area (Å²) in [5, 5.41) is 2.41. The topological polar surface area (TPSA) is 17.1 Å². The second-order valence-corrected chi connectivity index (χ2v) is 3.63. The Morgan fingerprint density at radius 3 is 2.50 bits per heavy atom. The first kappa shape index (κ1) is 8.95. The van der Waals surface area contributed by atoms with Gasteiger partial charge in [-0.3, -0.25) is 4.79 Å². The molecule has 70 valence electrons. The number of benzene rings is 2. The Labute approximate surface area is 83.4 Å². The lowest BCUT2D eigenvalue weighted by Crippen LogP contribution is -1.86. The van der Waals surface area contributed by atoms with E-state index in [-0.39, 0.29) is 0 Å². The highest BCUT2D eigenvalue weighted by Crippen LogP contribution is 2.22. The predicted octanol–water partition coefficient (Wildman–Crippen LogP) is 3.27. The Kier molecular flexibility index (Phi) is 2.08. The average Bonchev–Trinajstić information content (AvgIpc) is 2.19. The standard InChI is InChI=1S/C13H12O/c1-9-4-3-5-12-10(2)6-11(8-14)7-13(9)12/h3-8H,1-2H3. The van der Waals surface area contributed by atoms with Crippen LogP contribution in [0, 0.1) is 13.8 Å². The number of hydrogen-bond acceptors (Lipinski definition) is 1. The number of fused-ring (bicyclic) bond motifs is 1. The summed E-state index contributed by atoms with van der Waals surface area (Å²) >= 11 is 0. The van der Waals surface area contributed by atoms with E-state index in [1.165, 1.54) is 16.3 Å². The van der Waals surface area contributed by atoms with Gasteiger partial charge in [-0.2, -0.15) is 0 Å². The van der Waals surface area contributed by atoms with Gasteiger partial charge in [-0.15, -0.1) is 0 Å². The SMILES string of the molecule is Cc1cc(C=O)cc2c(C)cccc12. The van der Waals surface area contributed by atoms with Crippen molar-refractivity contribution in [3.63, 3.8) is 0 Å². The molecule has 0 saturated heterocycles. The number of aldehydes is 1. The van der Waals surface area contributed by atoms with E-state index in [0.717, 1.165) is 17.4 Å². The van der Waals surface area contributed by atoms with Gasteiger partial charge in [-0.05, 0) is 47.9 Å². The van der Waals surface area contributed by atoms with E-state index in [2.05, 4.69) is 19.1 Å². The lowest BCUT2D eigenvalue weighted by Gasteiger charge is -2.05. The summed E-state index contributed by atoms with van der Waals surface area (Å²) < 4.78 is 0. The molecule has 0 N–H and O–H groups in total. The van der Waals surface area contributed by atoms with E-state index in [1.54, 1.807) is 0 Å². The van der Waals surface area contributed by atoms with Crippen molar-refractivity contribution in [2.24, 2.45) is 0 Å². The van der Waals surface area contributed by atoms with Gasteiger partial charge >= 0.3 is 0 Å². The van der Waals surface area contributed by atoms with Gasteiger partial charge in [0.2, 0.25) is 0 Å². The molecule has 0 aromatic heterocycles. The molecule has 0 amide bonds. The van der Waals surface area contributed by atoms with E-state index in [1.807, 2.05) is 25.1 Å². The second-order valence-electron chi connectivity index (χ2n) is 3.63. The number of hydrogen-bond donors (Lipinski definition) is 0. The van der Waals surface area contributed by atoms with Crippen LogP contribution in [-0.2, 0) is 0 Å². The minimum atomic E-state index is 0.754. The number of carbonyl (C=O) groups excluding carboxylic acids is 1. The van der Waals surface area contributed by atoms with Gasteiger partial charge < -0.3 is 0 Å². The van der Waals surface area contributed by atoms with Gasteiger partial charge in [0.1, 0.15) is 6.29 Å². The highest BCUT2D eigenvalue weighted by molar-refractivity contribution is 5.93. The van der Waals surface area contributed by atoms with Crippen molar-refractivity contribution < 1.29 is 4.79 Å². The summed E-state index contributed by atoms with van der Waals surface area (Å²) in [5.41, 5.74) is 3.13. The molecule has 2 aromatic rings. The van der Waals surface area contributed by atoms with Crippen molar-refractivity contribution in [3.05, 3.63) is 47.0 Å². The highest BCUT2D eigenvalue weighted by Gasteiger charge is 2.01. The molecule has 0 spiro atoms. The Hall–Kier alpha value is -1.63. The van der Waals surface area contributed by atoms with E-state index >= 15 is 0 Å². The molecular weight excluding hydrogens is 172 g/mol. The second kappa shape index (κ2) is 3.26. The summed E-state index contributed by atoms with van der Waals surface area (Å²) in [6, 6.07) is 10.1. The Balaban J connectivity index is 2.90. The lowest BCUT2D eigenvalue weighted by molar-refractivity contribution is 0.112. The minimum absolute atomic E-state index is 0.754. The van der Waals surface area contributed by atoms with Gasteiger partial charge in [0, 0.05) is 5.56 Å². The summed E-state index contributed by atoms with van der Waals surface area (Å²) in [6.45, 7) is 4.10. The Morgan fingerprint density at radius 2 is 1.79 bits per heavy atom. The van der Waals surface area contributed by atoms with Gasteiger partial charge in [0.25, 0.3) is 0 Å². The highest BCUT2D eigenvalue weighted by atomic mass is 16.1. The first-order valence-corrected chi connectivity index (χ1v) is 4.67. The average molecular weight is 184 g/mol. The minimum Gasteiger partial charge on any atom is -0.298 e. The van der Waals surface area contributed by atoms with E-state index in [4.69, 9.17) is 0 Å². The molecule has 2 rings (SSSR count). The molecule has 1 heteroatoms. The molecule has 0 aliphatic carbocycles. The zero-order valence-corrected chi connectivity index (χ0v) is 8.37. The van der Waals surface area contributed by atoms with Crippen LogP contribution in [0.4, 0.5) is 0 Å². The fourth-order valence-corrected chi connectivity index (χ4v) is 1.82. The maximum atomic E-state index is 10.7. The quantitative estimate of drug-likeness (QED) is 0.622. The molecular formula is C13H12O. The Bertz CT molecular complexity index is 498. The van der Waals surface area contributed by atoms with Crippen molar-refractivity contribution >= 4 is 17.1 Å². The monoisotopic (exact) mass is 184 g/mol. The molecule has 0 aliphatic heterocycles. The molecule has 0 bridgehead atoms. The summed E-state index contributed by atoms with van der Waals surface area (Å²) in [4.78, 5) is 10.7. The van der Waals surface area contributed by atoms with Crippen molar-refractivity contribution in [2.45, 2.75) is 13.8 Å². The van der Waals surface area contributed by atoms with Gasteiger partial charge in [0.15, 0.2) is 0 Å². The van der Waals surface area contributed by atoms with Crippen LogP contribution < -0.4 is 0 Å². The largest absolute Gasteiger partial charge is 0.298 e. The smallest absolute Gasteiger partial charge is 0.150 e. The van der Waals surface area contributed by atoms with Crippen molar-refractivity contribution in [1.82, 2.24) is 0 Å². The third-order valence-electron chi connectivity index (χ3n) is 2.58. The number of rotatable bonds is 1. The Morgan fingerprint density at radius 1 is 1.00 bits per heavy atom. The summed E-state index contributed by atoms with van der Waals surface area (Å²) in [7, 11) is 0. The van der Waals surface area contributed by atoms with Gasteiger partial charge in [-0.25, -0.2) is 0 Å². The van der Waals surface area contributed by atoms with Crippen LogP contribution in [0.5, 0.6) is 0 Å². The lowest BCUT2D eigenvalue weighted by atomic mass is 9.99. The third-order valence-corrected chi connectivity index (χ3v) is 2.58. The molecule has 0 radical (unpaired) electrons. The van der Waals surface area contributed by atoms with Crippen molar-refractivity contribution in [1.29, 1.82) is 0 Å². The zero-order chi connectivity index (χ0) is 10.1. The molecule has 0 aliphatic rings. The molecule has 14 heavy (non-hydrogen) atoms. The van der Waals surface area contributed by atoms with Crippen molar-refractivity contribution in [2.75, 3.05) is 0 Å². The van der Waals surface area contributed by atoms with Crippen LogP contribution >= 0.6 is 0 Å². The number of carbonyl (C=O) groups is 1. The normalized spacial score (nSPS) is 10.4. The van der Waals surface area contributed by atoms with Crippen LogP contribution in [0.2, 0.25) is 0 Å². The third kappa shape index (κ3) is 1.31. The molecule has 0 saturated carbocycles. The predicted molar refractivity (Wildman–Crippen MR) is 58.8 cm³/mol. The van der Waals surface area contributed by atoms with Crippen molar-refractivity contribution in [3.8, 4) is 0 Å². The maximum Gasteiger partial charge on any atom is 0.150 e. The van der Waals surface area contributed by atoms with Crippen LogP contribution in [-0.4, -0.2) is 6.29 Å². The fourth-order valence-electron chi connectivity index (χ4n) is 1.82. The van der Waals surface area contributed by atoms with E-state index < -0.39 is 0 Å². The summed E-state index contributed by atoms with van der Waals surface area (Å²) in [5.74, 6) is 0. The molecule has 0 heterocycles. The first-order chi connectivity index (χ1) is 6.72. The molecule has 0 fully saturated rings. The molecule has 0 atom stereocenters. The molecule has 2 aromatic carbocycles. The van der Waals surface area contributed by atoms with Crippen LogP contribution in [0.15, 0.2) is 30.3 Å². The van der Waals surface area contributed by atoms with E-state index in [0.29, 0.717) is 0 Å². The van der Waals surface area contributed by atoms with Crippen LogP contribution in [0.3, 0.4) is 0 Å². The number of aryl methyl sites for hydroxylation is 2. The summed E-state index contributed by atoms with van der Waals surface area (Å²) in [6.07, 6.45) is 0.902. The van der Waals surface area contributed by atoms with Crippen LogP contribution in [0.25, 0.3) is 10.8 Å². The van der Waals surface area contributed by atoms with Gasteiger partial charge in [0.05, 0.1) is 0 Å². The molecule has 0 unspecified atom stereocenters. The van der Waals surface area contributed by atoms with Crippen LogP contribution in [0.1, 0.15) is 21.5 Å². The maximum absolute atomic E-state index is 10.7. The van der Waals surface area contributed by atoms with Gasteiger partial charge in [-0.1, -0.05) is 18.2 Å².